The van der Waals surface area contributed by atoms with E-state index in [-0.39, 0.29) is 5.82 Å². The van der Waals surface area contributed by atoms with Crippen LogP contribution in [0.1, 0.15) is 0 Å². The standard InChI is InChI=1S/C39H25FN2/c40-32-22-21-30-24-36(27-12-3-1-4-13-27)42-39(35(30)25-32)37(38(41-42)28-14-5-2-6-15-28)31-18-9-17-29(23-31)34-20-10-16-26-11-7-8-19-33(26)34/h1-25H. The average Bonchev–Trinajstić information content (AvgIpc) is 3.46. The largest absolute Gasteiger partial charge is 0.231 e. The molecule has 0 saturated carbocycles. The molecule has 3 heteroatoms. The normalized spacial score (nSPS) is 11.5. The van der Waals surface area contributed by atoms with Gasteiger partial charge in [0.25, 0.3) is 0 Å². The number of pyridine rings is 1. The summed E-state index contributed by atoms with van der Waals surface area (Å²) in [7, 11) is 0. The Bertz CT molecular complexity index is 2240. The number of aromatic nitrogens is 2. The third-order valence-electron chi connectivity index (χ3n) is 8.04. The summed E-state index contributed by atoms with van der Waals surface area (Å²) in [6.45, 7) is 0. The molecule has 0 unspecified atom stereocenters. The van der Waals surface area contributed by atoms with Gasteiger partial charge in [0.05, 0.1) is 11.2 Å². The second-order valence-corrected chi connectivity index (χ2v) is 10.6. The molecule has 0 aliphatic carbocycles. The van der Waals surface area contributed by atoms with Gasteiger partial charge in [-0.1, -0.05) is 127 Å². The van der Waals surface area contributed by atoms with E-state index < -0.39 is 0 Å². The zero-order chi connectivity index (χ0) is 28.0. The van der Waals surface area contributed by atoms with Crippen LogP contribution in [0.15, 0.2) is 152 Å². The van der Waals surface area contributed by atoms with Gasteiger partial charge in [0.2, 0.25) is 0 Å². The van der Waals surface area contributed by atoms with Crippen molar-refractivity contribution in [2.45, 2.75) is 0 Å². The maximum absolute atomic E-state index is 14.9. The zero-order valence-electron chi connectivity index (χ0n) is 22.7. The van der Waals surface area contributed by atoms with Gasteiger partial charge in [0.15, 0.2) is 0 Å². The Balaban J connectivity index is 1.49. The first-order chi connectivity index (χ1) is 20.7. The smallest absolute Gasteiger partial charge is 0.123 e. The molecule has 0 fully saturated rings. The minimum Gasteiger partial charge on any atom is -0.231 e. The van der Waals surface area contributed by atoms with Crippen molar-refractivity contribution in [1.29, 1.82) is 0 Å². The van der Waals surface area contributed by atoms with E-state index in [2.05, 4.69) is 97.1 Å². The van der Waals surface area contributed by atoms with Crippen molar-refractivity contribution in [3.05, 3.63) is 157 Å². The van der Waals surface area contributed by atoms with Crippen molar-refractivity contribution in [1.82, 2.24) is 9.61 Å². The second-order valence-electron chi connectivity index (χ2n) is 10.6. The number of hydrogen-bond acceptors (Lipinski definition) is 1. The maximum Gasteiger partial charge on any atom is 0.123 e. The van der Waals surface area contributed by atoms with Crippen molar-refractivity contribution in [3.63, 3.8) is 0 Å². The summed E-state index contributed by atoms with van der Waals surface area (Å²) in [5.41, 5.74) is 9.08. The van der Waals surface area contributed by atoms with Crippen LogP contribution < -0.4 is 0 Å². The number of benzene rings is 6. The number of fused-ring (bicyclic) bond motifs is 4. The molecule has 0 saturated heterocycles. The van der Waals surface area contributed by atoms with Crippen molar-refractivity contribution >= 4 is 27.1 Å². The number of nitrogens with zero attached hydrogens (tertiary/aromatic N) is 2. The lowest BCUT2D eigenvalue weighted by atomic mass is 9.93. The predicted molar refractivity (Wildman–Crippen MR) is 172 cm³/mol. The Kier molecular flexibility index (Phi) is 5.68. The Morgan fingerprint density at radius 3 is 1.98 bits per heavy atom. The molecule has 2 heterocycles. The Hall–Kier alpha value is -5.54. The first-order valence-electron chi connectivity index (χ1n) is 14.1. The van der Waals surface area contributed by atoms with Gasteiger partial charge in [0, 0.05) is 22.1 Å². The van der Waals surface area contributed by atoms with Gasteiger partial charge in [-0.2, -0.15) is 5.10 Å². The molecule has 0 aliphatic heterocycles. The monoisotopic (exact) mass is 540 g/mol. The van der Waals surface area contributed by atoms with Crippen LogP contribution in [-0.4, -0.2) is 9.61 Å². The predicted octanol–water partition coefficient (Wildman–Crippen LogP) is 10.4. The molecule has 2 nitrogen and oxygen atoms in total. The van der Waals surface area contributed by atoms with Crippen LogP contribution in [0.5, 0.6) is 0 Å². The molecule has 6 aromatic carbocycles. The van der Waals surface area contributed by atoms with Crippen molar-refractivity contribution in [2.75, 3.05) is 0 Å². The van der Waals surface area contributed by atoms with Crippen molar-refractivity contribution in [2.24, 2.45) is 0 Å². The number of halogens is 1. The van der Waals surface area contributed by atoms with Crippen LogP contribution in [0, 0.1) is 5.82 Å². The summed E-state index contributed by atoms with van der Waals surface area (Å²) in [5, 5.41) is 9.47. The first kappa shape index (κ1) is 24.3. The molecule has 0 atom stereocenters. The summed E-state index contributed by atoms with van der Waals surface area (Å²) >= 11 is 0. The quantitative estimate of drug-likeness (QED) is 0.217. The van der Waals surface area contributed by atoms with E-state index in [0.717, 1.165) is 55.5 Å². The maximum atomic E-state index is 14.9. The van der Waals surface area contributed by atoms with Crippen LogP contribution in [0.2, 0.25) is 0 Å². The highest BCUT2D eigenvalue weighted by atomic mass is 19.1. The second kappa shape index (κ2) is 9.83. The van der Waals surface area contributed by atoms with Crippen molar-refractivity contribution < 1.29 is 4.39 Å². The number of hydrogen-bond donors (Lipinski definition) is 0. The summed E-state index contributed by atoms with van der Waals surface area (Å²) < 4.78 is 16.9. The van der Waals surface area contributed by atoms with Gasteiger partial charge >= 0.3 is 0 Å². The van der Waals surface area contributed by atoms with Gasteiger partial charge in [-0.25, -0.2) is 8.91 Å². The van der Waals surface area contributed by atoms with E-state index in [1.165, 1.54) is 22.4 Å². The fraction of sp³-hybridized carbons (Fsp3) is 0. The highest BCUT2D eigenvalue weighted by Crippen LogP contribution is 2.42. The van der Waals surface area contributed by atoms with Crippen LogP contribution in [-0.2, 0) is 0 Å². The Labute approximate surface area is 242 Å². The lowest BCUT2D eigenvalue weighted by molar-refractivity contribution is 0.630. The highest BCUT2D eigenvalue weighted by molar-refractivity contribution is 6.09. The molecular weight excluding hydrogens is 515 g/mol. The van der Waals surface area contributed by atoms with E-state index in [4.69, 9.17) is 5.10 Å². The third-order valence-corrected chi connectivity index (χ3v) is 8.04. The Morgan fingerprint density at radius 2 is 1.14 bits per heavy atom. The van der Waals surface area contributed by atoms with Crippen LogP contribution in [0.3, 0.4) is 0 Å². The fourth-order valence-corrected chi connectivity index (χ4v) is 6.11. The van der Waals surface area contributed by atoms with E-state index in [9.17, 15) is 4.39 Å². The molecule has 8 aromatic rings. The Morgan fingerprint density at radius 1 is 0.476 bits per heavy atom. The molecule has 8 rings (SSSR count). The van der Waals surface area contributed by atoms with Crippen molar-refractivity contribution in [3.8, 4) is 44.8 Å². The molecular formula is C39H25FN2. The van der Waals surface area contributed by atoms with Gasteiger partial charge in [-0.05, 0) is 57.1 Å². The molecule has 0 radical (unpaired) electrons. The van der Waals surface area contributed by atoms with Crippen LogP contribution in [0.4, 0.5) is 4.39 Å². The van der Waals surface area contributed by atoms with E-state index in [1.807, 2.05) is 47.0 Å². The summed E-state index contributed by atoms with van der Waals surface area (Å²) in [6.07, 6.45) is 0. The molecule has 198 valence electrons. The van der Waals surface area contributed by atoms with Crippen LogP contribution >= 0.6 is 0 Å². The van der Waals surface area contributed by atoms with Gasteiger partial charge in [-0.3, -0.25) is 0 Å². The summed E-state index contributed by atoms with van der Waals surface area (Å²) in [5.74, 6) is -0.269. The zero-order valence-corrected chi connectivity index (χ0v) is 22.7. The molecule has 42 heavy (non-hydrogen) atoms. The number of rotatable bonds is 4. The molecule has 0 bridgehead atoms. The van der Waals surface area contributed by atoms with E-state index in [1.54, 1.807) is 6.07 Å². The van der Waals surface area contributed by atoms with Gasteiger partial charge in [-0.15, -0.1) is 0 Å². The summed E-state index contributed by atoms with van der Waals surface area (Å²) in [4.78, 5) is 0. The highest BCUT2D eigenvalue weighted by Gasteiger charge is 2.22. The topological polar surface area (TPSA) is 17.3 Å². The van der Waals surface area contributed by atoms with Gasteiger partial charge < -0.3 is 0 Å². The molecule has 0 amide bonds. The molecule has 2 aromatic heterocycles. The first-order valence-corrected chi connectivity index (χ1v) is 14.1. The molecule has 0 aliphatic rings. The van der Waals surface area contributed by atoms with E-state index in [0.29, 0.717) is 0 Å². The lowest BCUT2D eigenvalue weighted by Crippen LogP contribution is -1.96. The lowest BCUT2D eigenvalue weighted by Gasteiger charge is -2.12. The SMILES string of the molecule is Fc1ccc2cc(-c3ccccc3)n3nc(-c4ccccc4)c(-c4cccc(-c5cccc6ccccc56)c4)c3c2c1. The third kappa shape index (κ3) is 3.98. The summed E-state index contributed by atoms with van der Waals surface area (Å²) in [6, 6.07) is 51.2. The van der Waals surface area contributed by atoms with E-state index >= 15 is 0 Å². The van der Waals surface area contributed by atoms with Gasteiger partial charge in [0.1, 0.15) is 11.5 Å². The fourth-order valence-electron chi connectivity index (χ4n) is 6.11. The molecule has 0 spiro atoms. The minimum absolute atomic E-state index is 0.269. The molecule has 0 N–H and O–H groups in total. The van der Waals surface area contributed by atoms with Crippen LogP contribution in [0.25, 0.3) is 71.8 Å². The minimum atomic E-state index is -0.269. The average molecular weight is 541 g/mol.